The number of rotatable bonds is 1. The van der Waals surface area contributed by atoms with E-state index in [1.165, 1.54) is 17.9 Å². The standard InChI is InChI=1S/C13H15NO4/c1-7-5-10-6-9(13(17)18)3-4-11(10)14(8(2)15)12(7)16/h3-4,6-7,12,16H,5H2,1-2H3,(H,17,18). The van der Waals surface area contributed by atoms with Gasteiger partial charge in [0, 0.05) is 18.5 Å². The Kier molecular flexibility index (Phi) is 3.09. The number of carboxylic acids is 1. The molecule has 0 aromatic heterocycles. The second-order valence-corrected chi connectivity index (χ2v) is 4.63. The van der Waals surface area contributed by atoms with Crippen LogP contribution in [0, 0.1) is 5.92 Å². The number of hydrogen-bond donors (Lipinski definition) is 2. The average molecular weight is 249 g/mol. The van der Waals surface area contributed by atoms with Crippen LogP contribution in [0.3, 0.4) is 0 Å². The lowest BCUT2D eigenvalue weighted by atomic mass is 9.91. The molecule has 5 nitrogen and oxygen atoms in total. The Morgan fingerprint density at radius 2 is 2.06 bits per heavy atom. The lowest BCUT2D eigenvalue weighted by Crippen LogP contribution is -2.47. The van der Waals surface area contributed by atoms with E-state index in [2.05, 4.69) is 0 Å². The summed E-state index contributed by atoms with van der Waals surface area (Å²) in [5, 5.41) is 19.0. The maximum absolute atomic E-state index is 11.6. The van der Waals surface area contributed by atoms with Gasteiger partial charge in [0.25, 0.3) is 0 Å². The first-order valence-corrected chi connectivity index (χ1v) is 5.76. The van der Waals surface area contributed by atoms with Gasteiger partial charge in [-0.3, -0.25) is 9.69 Å². The molecule has 2 unspecified atom stereocenters. The molecular formula is C13H15NO4. The minimum Gasteiger partial charge on any atom is -0.478 e. The Hall–Kier alpha value is -1.88. The van der Waals surface area contributed by atoms with Crippen LogP contribution in [0.1, 0.15) is 29.8 Å². The first-order valence-electron chi connectivity index (χ1n) is 5.76. The number of carbonyl (C=O) groups is 2. The molecule has 0 aliphatic carbocycles. The maximum atomic E-state index is 11.6. The number of carbonyl (C=O) groups excluding carboxylic acids is 1. The highest BCUT2D eigenvalue weighted by atomic mass is 16.4. The van der Waals surface area contributed by atoms with Crippen LogP contribution in [0.5, 0.6) is 0 Å². The van der Waals surface area contributed by atoms with E-state index in [0.29, 0.717) is 12.1 Å². The number of carboxylic acid groups (broad SMARTS) is 1. The molecule has 0 spiro atoms. The van der Waals surface area contributed by atoms with Crippen molar-refractivity contribution < 1.29 is 19.8 Å². The number of benzene rings is 1. The molecule has 2 rings (SSSR count). The van der Waals surface area contributed by atoms with Gasteiger partial charge in [-0.2, -0.15) is 0 Å². The highest BCUT2D eigenvalue weighted by molar-refractivity contribution is 5.95. The van der Waals surface area contributed by atoms with Crippen molar-refractivity contribution in [3.05, 3.63) is 29.3 Å². The summed E-state index contributed by atoms with van der Waals surface area (Å²) in [4.78, 5) is 23.8. The van der Waals surface area contributed by atoms with Crippen molar-refractivity contribution in [2.75, 3.05) is 4.90 Å². The molecule has 0 saturated heterocycles. The molecule has 0 radical (unpaired) electrons. The number of amides is 1. The van der Waals surface area contributed by atoms with Crippen molar-refractivity contribution in [1.82, 2.24) is 0 Å². The van der Waals surface area contributed by atoms with Gasteiger partial charge in [-0.15, -0.1) is 0 Å². The van der Waals surface area contributed by atoms with Crippen molar-refractivity contribution in [2.24, 2.45) is 5.92 Å². The average Bonchev–Trinajstić information content (AvgIpc) is 2.29. The van der Waals surface area contributed by atoms with Crippen molar-refractivity contribution in [1.29, 1.82) is 0 Å². The molecule has 1 amide bonds. The van der Waals surface area contributed by atoms with Crippen LogP contribution in [0.15, 0.2) is 18.2 Å². The number of hydrogen-bond acceptors (Lipinski definition) is 3. The SMILES string of the molecule is CC(=O)N1c2ccc(C(=O)O)cc2CC(C)C1O. The summed E-state index contributed by atoms with van der Waals surface area (Å²) in [5.41, 5.74) is 1.57. The monoisotopic (exact) mass is 249 g/mol. The molecule has 0 bridgehead atoms. The van der Waals surface area contributed by atoms with E-state index >= 15 is 0 Å². The molecule has 96 valence electrons. The van der Waals surface area contributed by atoms with E-state index in [9.17, 15) is 14.7 Å². The third-order valence-electron chi connectivity index (χ3n) is 3.24. The molecule has 0 fully saturated rings. The third-order valence-corrected chi connectivity index (χ3v) is 3.24. The summed E-state index contributed by atoms with van der Waals surface area (Å²) in [6.45, 7) is 3.22. The predicted molar refractivity (Wildman–Crippen MR) is 65.4 cm³/mol. The van der Waals surface area contributed by atoms with Crippen LogP contribution < -0.4 is 4.90 Å². The van der Waals surface area contributed by atoms with Crippen LogP contribution in [0.25, 0.3) is 0 Å². The largest absolute Gasteiger partial charge is 0.478 e. The minimum atomic E-state index is -0.994. The number of anilines is 1. The van der Waals surface area contributed by atoms with Gasteiger partial charge >= 0.3 is 5.97 Å². The summed E-state index contributed by atoms with van der Waals surface area (Å²) in [6, 6.07) is 4.59. The second-order valence-electron chi connectivity index (χ2n) is 4.63. The van der Waals surface area contributed by atoms with Gasteiger partial charge in [0.1, 0.15) is 6.23 Å². The normalized spacial score (nSPS) is 22.5. The van der Waals surface area contributed by atoms with Crippen LogP contribution in [0.2, 0.25) is 0 Å². The molecule has 5 heteroatoms. The van der Waals surface area contributed by atoms with Crippen LogP contribution >= 0.6 is 0 Å². The van der Waals surface area contributed by atoms with Gasteiger partial charge < -0.3 is 10.2 Å². The zero-order valence-electron chi connectivity index (χ0n) is 10.3. The highest BCUT2D eigenvalue weighted by Crippen LogP contribution is 2.33. The highest BCUT2D eigenvalue weighted by Gasteiger charge is 2.32. The van der Waals surface area contributed by atoms with Crippen molar-refractivity contribution >= 4 is 17.6 Å². The molecule has 2 N–H and O–H groups in total. The second kappa shape index (κ2) is 4.42. The summed E-state index contributed by atoms with van der Waals surface area (Å²) >= 11 is 0. The van der Waals surface area contributed by atoms with Crippen molar-refractivity contribution in [2.45, 2.75) is 26.5 Å². The fourth-order valence-electron chi connectivity index (χ4n) is 2.32. The van der Waals surface area contributed by atoms with Crippen molar-refractivity contribution in [3.8, 4) is 0 Å². The quantitative estimate of drug-likeness (QED) is 0.785. The zero-order chi connectivity index (χ0) is 13.4. The van der Waals surface area contributed by atoms with Gasteiger partial charge in [0.15, 0.2) is 0 Å². The maximum Gasteiger partial charge on any atom is 0.335 e. The fourth-order valence-corrected chi connectivity index (χ4v) is 2.32. The van der Waals surface area contributed by atoms with Gasteiger partial charge in [-0.1, -0.05) is 6.92 Å². The molecule has 2 atom stereocenters. The molecule has 18 heavy (non-hydrogen) atoms. The Balaban J connectivity index is 2.52. The molecular weight excluding hydrogens is 234 g/mol. The molecule has 1 aliphatic heterocycles. The molecule has 0 saturated carbocycles. The first-order chi connectivity index (χ1) is 8.41. The summed E-state index contributed by atoms with van der Waals surface area (Å²) < 4.78 is 0. The van der Waals surface area contributed by atoms with Crippen LogP contribution in [-0.2, 0) is 11.2 Å². The molecule has 1 aromatic rings. The smallest absolute Gasteiger partial charge is 0.335 e. The zero-order valence-corrected chi connectivity index (χ0v) is 10.3. The van der Waals surface area contributed by atoms with Crippen molar-refractivity contribution in [3.63, 3.8) is 0 Å². The number of nitrogens with zero attached hydrogens (tertiary/aromatic N) is 1. The Morgan fingerprint density at radius 3 is 2.61 bits per heavy atom. The third kappa shape index (κ3) is 1.97. The van der Waals surface area contributed by atoms with E-state index in [0.717, 1.165) is 5.56 Å². The topological polar surface area (TPSA) is 77.8 Å². The summed E-state index contributed by atoms with van der Waals surface area (Å²) in [7, 11) is 0. The summed E-state index contributed by atoms with van der Waals surface area (Å²) in [6.07, 6.45) is -0.299. The lowest BCUT2D eigenvalue weighted by molar-refractivity contribution is -0.119. The number of aromatic carboxylic acids is 1. The van der Waals surface area contributed by atoms with Gasteiger partial charge in [0.2, 0.25) is 5.91 Å². The van der Waals surface area contributed by atoms with E-state index in [1.807, 2.05) is 6.92 Å². The van der Waals surface area contributed by atoms with E-state index in [-0.39, 0.29) is 17.4 Å². The van der Waals surface area contributed by atoms with E-state index in [1.54, 1.807) is 12.1 Å². The van der Waals surface area contributed by atoms with Gasteiger partial charge in [-0.05, 0) is 30.2 Å². The number of fused-ring (bicyclic) bond motifs is 1. The van der Waals surface area contributed by atoms with Crippen LogP contribution in [-0.4, -0.2) is 28.3 Å². The first kappa shape index (κ1) is 12.6. The summed E-state index contributed by atoms with van der Waals surface area (Å²) in [5.74, 6) is -1.37. The molecule has 1 heterocycles. The Bertz CT molecular complexity index is 512. The predicted octanol–water partition coefficient (Wildman–Crippen LogP) is 1.25. The number of aliphatic hydroxyl groups excluding tert-OH is 1. The van der Waals surface area contributed by atoms with E-state index < -0.39 is 12.2 Å². The van der Waals surface area contributed by atoms with Gasteiger partial charge in [0.05, 0.1) is 5.56 Å². The minimum absolute atomic E-state index is 0.120. The Morgan fingerprint density at radius 1 is 1.39 bits per heavy atom. The van der Waals surface area contributed by atoms with E-state index in [4.69, 9.17) is 5.11 Å². The fraction of sp³-hybridized carbons (Fsp3) is 0.385. The van der Waals surface area contributed by atoms with Crippen LogP contribution in [0.4, 0.5) is 5.69 Å². The van der Waals surface area contributed by atoms with Gasteiger partial charge in [-0.25, -0.2) is 4.79 Å². The molecule has 1 aliphatic rings. The molecule has 1 aromatic carbocycles. The Labute approximate surface area is 105 Å². The number of aliphatic hydroxyl groups is 1. The lowest BCUT2D eigenvalue weighted by Gasteiger charge is -2.37.